The number of aryl methyl sites for hydroxylation is 2. The molecule has 26 heavy (non-hydrogen) atoms. The molecule has 2 N–H and O–H groups in total. The van der Waals surface area contributed by atoms with E-state index >= 15 is 0 Å². The Labute approximate surface area is 151 Å². The maximum absolute atomic E-state index is 12.0. The zero-order chi connectivity index (χ0) is 18.5. The quantitative estimate of drug-likeness (QED) is 0.692. The van der Waals surface area contributed by atoms with Crippen LogP contribution in [0.3, 0.4) is 0 Å². The average molecular weight is 352 g/mol. The molecule has 0 radical (unpaired) electrons. The van der Waals surface area contributed by atoms with Gasteiger partial charge < -0.3 is 9.15 Å². The van der Waals surface area contributed by atoms with Gasteiger partial charge in [0.15, 0.2) is 6.61 Å². The van der Waals surface area contributed by atoms with Crippen molar-refractivity contribution >= 4 is 22.8 Å². The van der Waals surface area contributed by atoms with Crippen LogP contribution in [-0.4, -0.2) is 18.4 Å². The minimum Gasteiger partial charge on any atom is -0.484 e. The zero-order valence-electron chi connectivity index (χ0n) is 14.7. The van der Waals surface area contributed by atoms with Crippen LogP contribution in [0.25, 0.3) is 11.0 Å². The lowest BCUT2D eigenvalue weighted by Crippen LogP contribution is -2.44. The summed E-state index contributed by atoms with van der Waals surface area (Å²) in [6.07, 6.45) is 1.67. The van der Waals surface area contributed by atoms with Crippen LogP contribution in [0.15, 0.2) is 53.1 Å². The third-order valence-electron chi connectivity index (χ3n) is 3.86. The summed E-state index contributed by atoms with van der Waals surface area (Å²) in [7, 11) is 0. The highest BCUT2D eigenvalue weighted by molar-refractivity contribution is 5.89. The van der Waals surface area contributed by atoms with E-state index in [2.05, 4.69) is 10.9 Å². The van der Waals surface area contributed by atoms with Crippen LogP contribution in [0.1, 0.15) is 16.7 Å². The molecule has 0 bridgehead atoms. The van der Waals surface area contributed by atoms with E-state index in [0.717, 1.165) is 27.7 Å². The second-order valence-electron chi connectivity index (χ2n) is 6.14. The molecule has 6 nitrogen and oxygen atoms in total. The molecule has 0 unspecified atom stereocenters. The fourth-order valence-corrected chi connectivity index (χ4v) is 2.57. The highest BCUT2D eigenvalue weighted by Gasteiger charge is 2.11. The van der Waals surface area contributed by atoms with E-state index in [4.69, 9.17) is 9.15 Å². The number of carbonyl (C=O) groups excluding carboxylic acids is 2. The molecule has 0 saturated heterocycles. The number of hydrogen-bond acceptors (Lipinski definition) is 4. The summed E-state index contributed by atoms with van der Waals surface area (Å²) in [5.74, 6) is -0.170. The summed E-state index contributed by atoms with van der Waals surface area (Å²) < 4.78 is 10.8. The minimum absolute atomic E-state index is 0.106. The second-order valence-corrected chi connectivity index (χ2v) is 6.14. The highest BCUT2D eigenvalue weighted by Crippen LogP contribution is 2.22. The van der Waals surface area contributed by atoms with Gasteiger partial charge in [0.05, 0.1) is 12.7 Å². The SMILES string of the molecule is Cc1cccc(OCC(=O)NNC(=O)Cc2coc3cc(C)ccc23)c1. The van der Waals surface area contributed by atoms with E-state index in [0.29, 0.717) is 5.75 Å². The standard InChI is InChI=1S/C20H20N2O4/c1-13-4-3-5-16(8-13)25-12-20(24)22-21-19(23)10-15-11-26-18-9-14(2)6-7-17(15)18/h3-9,11H,10,12H2,1-2H3,(H,21,23)(H,22,24). The molecule has 0 spiro atoms. The van der Waals surface area contributed by atoms with Crippen molar-refractivity contribution in [1.29, 1.82) is 0 Å². The fourth-order valence-electron chi connectivity index (χ4n) is 2.57. The number of furan rings is 1. The first kappa shape index (κ1) is 17.5. The van der Waals surface area contributed by atoms with E-state index in [9.17, 15) is 9.59 Å². The van der Waals surface area contributed by atoms with Crippen LogP contribution in [0.2, 0.25) is 0 Å². The molecule has 3 aromatic rings. The number of hydrazine groups is 1. The molecular formula is C20H20N2O4. The summed E-state index contributed by atoms with van der Waals surface area (Å²) in [4.78, 5) is 23.8. The molecule has 0 atom stereocenters. The van der Waals surface area contributed by atoms with E-state index < -0.39 is 5.91 Å². The van der Waals surface area contributed by atoms with Gasteiger partial charge in [0.2, 0.25) is 5.91 Å². The van der Waals surface area contributed by atoms with Crippen molar-refractivity contribution in [3.63, 3.8) is 0 Å². The normalized spacial score (nSPS) is 10.5. The highest BCUT2D eigenvalue weighted by atomic mass is 16.5. The molecule has 1 heterocycles. The Morgan fingerprint density at radius 3 is 2.58 bits per heavy atom. The second kappa shape index (κ2) is 7.74. The van der Waals surface area contributed by atoms with Crippen LogP contribution >= 0.6 is 0 Å². The van der Waals surface area contributed by atoms with Gasteiger partial charge in [-0.25, -0.2) is 0 Å². The Balaban J connectivity index is 1.48. The molecule has 0 fully saturated rings. The van der Waals surface area contributed by atoms with Gasteiger partial charge in [-0.05, 0) is 43.2 Å². The maximum atomic E-state index is 12.0. The van der Waals surface area contributed by atoms with Crippen molar-refractivity contribution in [1.82, 2.24) is 10.9 Å². The number of amides is 2. The number of benzene rings is 2. The van der Waals surface area contributed by atoms with Crippen molar-refractivity contribution in [3.8, 4) is 5.75 Å². The topological polar surface area (TPSA) is 80.6 Å². The molecule has 134 valence electrons. The first-order valence-corrected chi connectivity index (χ1v) is 8.25. The molecule has 2 amide bonds. The van der Waals surface area contributed by atoms with E-state index in [1.807, 2.05) is 50.2 Å². The fraction of sp³-hybridized carbons (Fsp3) is 0.200. The number of rotatable bonds is 5. The van der Waals surface area contributed by atoms with Gasteiger partial charge in [-0.3, -0.25) is 20.4 Å². The Kier molecular flexibility index (Phi) is 5.22. The van der Waals surface area contributed by atoms with E-state index in [1.165, 1.54) is 0 Å². The maximum Gasteiger partial charge on any atom is 0.276 e. The molecule has 2 aromatic carbocycles. The predicted octanol–water partition coefficient (Wildman–Crippen LogP) is 2.82. The lowest BCUT2D eigenvalue weighted by atomic mass is 10.1. The molecule has 0 aliphatic carbocycles. The van der Waals surface area contributed by atoms with Crippen molar-refractivity contribution in [2.75, 3.05) is 6.61 Å². The Bertz CT molecular complexity index is 946. The van der Waals surface area contributed by atoms with E-state index in [1.54, 1.807) is 12.3 Å². The number of carbonyl (C=O) groups is 2. The third kappa shape index (κ3) is 4.42. The number of ether oxygens (including phenoxy) is 1. The van der Waals surface area contributed by atoms with Gasteiger partial charge >= 0.3 is 0 Å². The van der Waals surface area contributed by atoms with Gasteiger partial charge in [0.1, 0.15) is 11.3 Å². The number of hydrogen-bond donors (Lipinski definition) is 2. The molecule has 0 aliphatic rings. The van der Waals surface area contributed by atoms with Gasteiger partial charge in [-0.1, -0.05) is 24.3 Å². The van der Waals surface area contributed by atoms with Crippen molar-refractivity contribution in [3.05, 3.63) is 65.4 Å². The van der Waals surface area contributed by atoms with Crippen LogP contribution in [0.4, 0.5) is 0 Å². The molecule has 6 heteroatoms. The Hall–Kier alpha value is -3.28. The summed E-state index contributed by atoms with van der Waals surface area (Å²) in [6, 6.07) is 13.2. The third-order valence-corrected chi connectivity index (χ3v) is 3.86. The molecule has 0 saturated carbocycles. The number of fused-ring (bicyclic) bond motifs is 1. The lowest BCUT2D eigenvalue weighted by molar-refractivity contribution is -0.129. The van der Waals surface area contributed by atoms with Gasteiger partial charge in [0.25, 0.3) is 5.91 Å². The monoisotopic (exact) mass is 352 g/mol. The van der Waals surface area contributed by atoms with Gasteiger partial charge in [-0.15, -0.1) is 0 Å². The summed E-state index contributed by atoms with van der Waals surface area (Å²) in [6.45, 7) is 3.73. The average Bonchev–Trinajstić information content (AvgIpc) is 3.00. The zero-order valence-corrected chi connectivity index (χ0v) is 14.7. The molecule has 3 rings (SSSR count). The van der Waals surface area contributed by atoms with Crippen LogP contribution in [0, 0.1) is 13.8 Å². The number of nitrogens with one attached hydrogen (secondary N) is 2. The van der Waals surface area contributed by atoms with E-state index in [-0.39, 0.29) is 18.9 Å². The van der Waals surface area contributed by atoms with Crippen molar-refractivity contribution in [2.24, 2.45) is 0 Å². The van der Waals surface area contributed by atoms with Crippen molar-refractivity contribution in [2.45, 2.75) is 20.3 Å². The smallest absolute Gasteiger partial charge is 0.276 e. The van der Waals surface area contributed by atoms with Gasteiger partial charge in [-0.2, -0.15) is 0 Å². The Morgan fingerprint density at radius 2 is 1.77 bits per heavy atom. The molecular weight excluding hydrogens is 332 g/mol. The first-order chi connectivity index (χ1) is 12.5. The summed E-state index contributed by atoms with van der Waals surface area (Å²) in [5, 5.41) is 0.889. The predicted molar refractivity (Wildman–Crippen MR) is 97.6 cm³/mol. The minimum atomic E-state index is -0.437. The molecule has 0 aliphatic heterocycles. The van der Waals surface area contributed by atoms with Crippen LogP contribution in [0.5, 0.6) is 5.75 Å². The molecule has 1 aromatic heterocycles. The Morgan fingerprint density at radius 1 is 1.00 bits per heavy atom. The first-order valence-electron chi connectivity index (χ1n) is 8.25. The van der Waals surface area contributed by atoms with Crippen molar-refractivity contribution < 1.29 is 18.7 Å². The van der Waals surface area contributed by atoms with Crippen LogP contribution < -0.4 is 15.6 Å². The van der Waals surface area contributed by atoms with Crippen LogP contribution in [-0.2, 0) is 16.0 Å². The largest absolute Gasteiger partial charge is 0.484 e. The lowest BCUT2D eigenvalue weighted by Gasteiger charge is -2.09. The van der Waals surface area contributed by atoms with Gasteiger partial charge in [0, 0.05) is 10.9 Å². The summed E-state index contributed by atoms with van der Waals surface area (Å²) >= 11 is 0. The summed E-state index contributed by atoms with van der Waals surface area (Å²) in [5.41, 5.74) is 8.36.